The van der Waals surface area contributed by atoms with Gasteiger partial charge in [-0.05, 0) is 23.4 Å². The van der Waals surface area contributed by atoms with Crippen LogP contribution in [0.4, 0.5) is 0 Å². The number of carbonyl (C=O) groups is 2. The smallest absolute Gasteiger partial charge is 0.325 e. The monoisotopic (exact) mass is 294 g/mol. The number of carboxylic acid groups (broad SMARTS) is 1. The van der Waals surface area contributed by atoms with Gasteiger partial charge >= 0.3 is 5.97 Å². The largest absolute Gasteiger partial charge is 0.480 e. The van der Waals surface area contributed by atoms with Gasteiger partial charge < -0.3 is 10.4 Å². The highest BCUT2D eigenvalue weighted by Crippen LogP contribution is 2.16. The molecule has 0 atom stereocenters. The molecule has 0 bridgehead atoms. The summed E-state index contributed by atoms with van der Waals surface area (Å²) in [5, 5.41) is 20.6. The summed E-state index contributed by atoms with van der Waals surface area (Å²) in [6, 6.07) is 2.04. The molecule has 0 spiro atoms. The van der Waals surface area contributed by atoms with Gasteiger partial charge in [0.15, 0.2) is 5.69 Å². The number of rotatable bonds is 6. The molecule has 7 nitrogen and oxygen atoms in total. The van der Waals surface area contributed by atoms with Gasteiger partial charge in [-0.3, -0.25) is 9.59 Å². The van der Waals surface area contributed by atoms with Crippen molar-refractivity contribution in [1.29, 1.82) is 0 Å². The second-order valence-electron chi connectivity index (χ2n) is 4.10. The van der Waals surface area contributed by atoms with Crippen LogP contribution in [0, 0.1) is 0 Å². The topological polar surface area (TPSA) is 97.1 Å². The SMILES string of the molecule is CCc1ccsc1CNC(=O)c1cn(CC(=O)O)nn1. The van der Waals surface area contributed by atoms with Crippen molar-refractivity contribution in [2.45, 2.75) is 26.4 Å². The van der Waals surface area contributed by atoms with Gasteiger partial charge in [0.25, 0.3) is 5.91 Å². The number of aromatic nitrogens is 3. The Morgan fingerprint density at radius 1 is 1.50 bits per heavy atom. The number of carbonyl (C=O) groups excluding carboxylic acids is 1. The van der Waals surface area contributed by atoms with E-state index in [0.29, 0.717) is 6.54 Å². The van der Waals surface area contributed by atoms with Crippen LogP contribution in [0.1, 0.15) is 27.9 Å². The van der Waals surface area contributed by atoms with Gasteiger partial charge in [0.2, 0.25) is 0 Å². The lowest BCUT2D eigenvalue weighted by Crippen LogP contribution is -2.23. The third-order valence-corrected chi connectivity index (χ3v) is 3.66. The quantitative estimate of drug-likeness (QED) is 0.825. The molecule has 1 amide bonds. The Balaban J connectivity index is 1.95. The number of aliphatic carboxylic acids is 1. The minimum atomic E-state index is -1.03. The molecule has 0 radical (unpaired) electrons. The third-order valence-electron chi connectivity index (χ3n) is 2.70. The summed E-state index contributed by atoms with van der Waals surface area (Å²) in [6.07, 6.45) is 2.24. The van der Waals surface area contributed by atoms with E-state index in [1.165, 1.54) is 11.8 Å². The van der Waals surface area contributed by atoms with E-state index in [2.05, 4.69) is 22.6 Å². The van der Waals surface area contributed by atoms with E-state index in [-0.39, 0.29) is 18.1 Å². The number of carboxylic acids is 1. The first kappa shape index (κ1) is 14.2. The fourth-order valence-electron chi connectivity index (χ4n) is 1.71. The van der Waals surface area contributed by atoms with Gasteiger partial charge in [-0.25, -0.2) is 4.68 Å². The summed E-state index contributed by atoms with van der Waals surface area (Å²) in [6.45, 7) is 2.18. The van der Waals surface area contributed by atoms with Crippen LogP contribution < -0.4 is 5.32 Å². The molecule has 0 aromatic carbocycles. The molecule has 20 heavy (non-hydrogen) atoms. The predicted octanol–water partition coefficient (Wildman–Crippen LogP) is 0.917. The van der Waals surface area contributed by atoms with E-state index in [1.54, 1.807) is 11.3 Å². The number of aryl methyl sites for hydroxylation is 1. The maximum atomic E-state index is 11.9. The summed E-state index contributed by atoms with van der Waals surface area (Å²) in [4.78, 5) is 23.5. The normalized spacial score (nSPS) is 10.4. The number of hydrogen-bond acceptors (Lipinski definition) is 5. The Bertz CT molecular complexity index is 620. The van der Waals surface area contributed by atoms with E-state index in [4.69, 9.17) is 5.11 Å². The molecule has 0 fully saturated rings. The van der Waals surface area contributed by atoms with Crippen molar-refractivity contribution in [3.63, 3.8) is 0 Å². The zero-order valence-corrected chi connectivity index (χ0v) is 11.7. The Morgan fingerprint density at radius 3 is 3.00 bits per heavy atom. The minimum absolute atomic E-state index is 0.112. The van der Waals surface area contributed by atoms with Crippen molar-refractivity contribution in [3.05, 3.63) is 33.8 Å². The number of thiophene rings is 1. The molecule has 2 rings (SSSR count). The Labute approximate surface area is 119 Å². The Kier molecular flexibility index (Phi) is 4.46. The molecule has 2 aromatic rings. The fourth-order valence-corrected chi connectivity index (χ4v) is 2.62. The van der Waals surface area contributed by atoms with E-state index in [9.17, 15) is 9.59 Å². The lowest BCUT2D eigenvalue weighted by Gasteiger charge is -2.03. The van der Waals surface area contributed by atoms with E-state index < -0.39 is 5.97 Å². The summed E-state index contributed by atoms with van der Waals surface area (Å²) < 4.78 is 1.11. The average Bonchev–Trinajstić information content (AvgIpc) is 3.03. The van der Waals surface area contributed by atoms with Crippen molar-refractivity contribution >= 4 is 23.2 Å². The Hall–Kier alpha value is -2.22. The second kappa shape index (κ2) is 6.29. The standard InChI is InChI=1S/C12H14N4O3S/c1-2-8-3-4-20-10(8)5-13-12(19)9-6-16(15-14-9)7-11(17)18/h3-4,6H,2,5,7H2,1H3,(H,13,19)(H,17,18). The summed E-state index contributed by atoms with van der Waals surface area (Å²) in [5.74, 6) is -1.40. The zero-order chi connectivity index (χ0) is 14.5. The Morgan fingerprint density at radius 2 is 2.30 bits per heavy atom. The number of nitrogens with one attached hydrogen (secondary N) is 1. The molecule has 0 aliphatic carbocycles. The van der Waals surface area contributed by atoms with Gasteiger partial charge in [-0.1, -0.05) is 12.1 Å². The second-order valence-corrected chi connectivity index (χ2v) is 5.10. The number of nitrogens with zero attached hydrogens (tertiary/aromatic N) is 3. The maximum absolute atomic E-state index is 11.9. The lowest BCUT2D eigenvalue weighted by atomic mass is 10.2. The number of hydrogen-bond donors (Lipinski definition) is 2. The van der Waals surface area contributed by atoms with Gasteiger partial charge in [0.05, 0.1) is 12.7 Å². The molecular formula is C12H14N4O3S. The van der Waals surface area contributed by atoms with Crippen molar-refractivity contribution in [2.24, 2.45) is 0 Å². The van der Waals surface area contributed by atoms with Gasteiger partial charge in [0.1, 0.15) is 6.54 Å². The van der Waals surface area contributed by atoms with Gasteiger partial charge in [0, 0.05) is 4.88 Å². The van der Waals surface area contributed by atoms with E-state index in [0.717, 1.165) is 16.0 Å². The molecule has 0 saturated carbocycles. The van der Waals surface area contributed by atoms with Crippen molar-refractivity contribution in [3.8, 4) is 0 Å². The molecule has 2 heterocycles. The highest BCUT2D eigenvalue weighted by atomic mass is 32.1. The van der Waals surface area contributed by atoms with Crippen LogP contribution in [0.15, 0.2) is 17.6 Å². The first-order chi connectivity index (χ1) is 9.60. The maximum Gasteiger partial charge on any atom is 0.325 e. The van der Waals surface area contributed by atoms with Gasteiger partial charge in [-0.15, -0.1) is 16.4 Å². The minimum Gasteiger partial charge on any atom is -0.480 e. The third kappa shape index (κ3) is 3.41. The van der Waals surface area contributed by atoms with Crippen LogP contribution in [-0.4, -0.2) is 32.0 Å². The van der Waals surface area contributed by atoms with Crippen molar-refractivity contribution in [1.82, 2.24) is 20.3 Å². The summed E-state index contributed by atoms with van der Waals surface area (Å²) >= 11 is 1.59. The average molecular weight is 294 g/mol. The molecule has 0 aliphatic rings. The zero-order valence-electron chi connectivity index (χ0n) is 10.9. The summed E-state index contributed by atoms with van der Waals surface area (Å²) in [5.41, 5.74) is 1.32. The van der Waals surface area contributed by atoms with E-state index in [1.807, 2.05) is 11.4 Å². The predicted molar refractivity (Wildman–Crippen MR) is 72.5 cm³/mol. The fraction of sp³-hybridized carbons (Fsp3) is 0.333. The van der Waals surface area contributed by atoms with Crippen LogP contribution in [0.2, 0.25) is 0 Å². The van der Waals surface area contributed by atoms with Gasteiger partial charge in [-0.2, -0.15) is 0 Å². The number of amides is 1. The first-order valence-corrected chi connectivity index (χ1v) is 6.93. The van der Waals surface area contributed by atoms with Crippen molar-refractivity contribution < 1.29 is 14.7 Å². The van der Waals surface area contributed by atoms with Crippen molar-refractivity contribution in [2.75, 3.05) is 0 Å². The van der Waals surface area contributed by atoms with Crippen LogP contribution in [0.25, 0.3) is 0 Å². The van der Waals surface area contributed by atoms with E-state index >= 15 is 0 Å². The highest BCUT2D eigenvalue weighted by molar-refractivity contribution is 7.10. The van der Waals surface area contributed by atoms with Crippen LogP contribution in [0.3, 0.4) is 0 Å². The molecule has 106 valence electrons. The molecular weight excluding hydrogens is 280 g/mol. The molecule has 0 saturated heterocycles. The molecule has 2 N–H and O–H groups in total. The highest BCUT2D eigenvalue weighted by Gasteiger charge is 2.12. The molecule has 2 aromatic heterocycles. The molecule has 8 heteroatoms. The lowest BCUT2D eigenvalue weighted by molar-refractivity contribution is -0.137. The summed E-state index contributed by atoms with van der Waals surface area (Å²) in [7, 11) is 0. The van der Waals surface area contributed by atoms with Crippen LogP contribution in [0.5, 0.6) is 0 Å². The molecule has 0 unspecified atom stereocenters. The van der Waals surface area contributed by atoms with Crippen LogP contribution >= 0.6 is 11.3 Å². The van der Waals surface area contributed by atoms with Crippen LogP contribution in [-0.2, 0) is 24.3 Å². The molecule has 0 aliphatic heterocycles. The first-order valence-electron chi connectivity index (χ1n) is 6.05.